The Balaban J connectivity index is 2.46. The lowest BCUT2D eigenvalue weighted by molar-refractivity contribution is -0.138. The highest BCUT2D eigenvalue weighted by Gasteiger charge is 2.56. The van der Waals surface area contributed by atoms with Gasteiger partial charge in [0.25, 0.3) is 0 Å². The third-order valence-electron chi connectivity index (χ3n) is 3.99. The quantitative estimate of drug-likeness (QED) is 0.889. The average molecular weight is 268 g/mol. The topological polar surface area (TPSA) is 37.3 Å². The van der Waals surface area contributed by atoms with E-state index in [1.807, 2.05) is 0 Å². The number of hydrogen-bond acceptors (Lipinski definition) is 1. The molecular weight excluding hydrogens is 250 g/mol. The van der Waals surface area contributed by atoms with Crippen molar-refractivity contribution in [3.8, 4) is 0 Å². The van der Waals surface area contributed by atoms with Crippen LogP contribution in [-0.4, -0.2) is 11.1 Å². The fourth-order valence-electron chi connectivity index (χ4n) is 2.66. The molecule has 2 nitrogen and oxygen atoms in total. The van der Waals surface area contributed by atoms with Crippen LogP contribution in [0.3, 0.4) is 0 Å². The molecule has 2 rings (SSSR count). The van der Waals surface area contributed by atoms with Crippen LogP contribution in [0, 0.1) is 17.6 Å². The molecule has 0 saturated heterocycles. The van der Waals surface area contributed by atoms with Gasteiger partial charge in [-0.15, -0.1) is 0 Å². The first-order valence-electron chi connectivity index (χ1n) is 6.30. The normalized spacial score (nSPS) is 26.3. The zero-order chi connectivity index (χ0) is 14.6. The minimum Gasteiger partial charge on any atom is -0.481 e. The summed E-state index contributed by atoms with van der Waals surface area (Å²) in [6.45, 7) is 6.96. The molecular formula is C15H18F2O2. The Kier molecular flexibility index (Phi) is 2.96. The summed E-state index contributed by atoms with van der Waals surface area (Å²) < 4.78 is 28.2. The highest BCUT2D eigenvalue weighted by molar-refractivity contribution is 5.77. The zero-order valence-corrected chi connectivity index (χ0v) is 11.6. The molecule has 1 aliphatic carbocycles. The number of rotatable bonds is 2. The summed E-state index contributed by atoms with van der Waals surface area (Å²) in [4.78, 5) is 11.0. The van der Waals surface area contributed by atoms with Gasteiger partial charge in [0, 0.05) is 11.0 Å². The third kappa shape index (κ3) is 2.24. The van der Waals surface area contributed by atoms with Crippen LogP contribution in [0.5, 0.6) is 0 Å². The molecule has 1 fully saturated rings. The van der Waals surface area contributed by atoms with E-state index in [0.717, 1.165) is 0 Å². The van der Waals surface area contributed by atoms with Crippen LogP contribution < -0.4 is 0 Å². The molecule has 0 aliphatic heterocycles. The van der Waals surface area contributed by atoms with E-state index in [1.54, 1.807) is 27.7 Å². The maximum Gasteiger partial charge on any atom is 0.307 e. The van der Waals surface area contributed by atoms with Crippen LogP contribution in [0.1, 0.15) is 45.2 Å². The molecule has 19 heavy (non-hydrogen) atoms. The standard InChI is InChI=1S/C15H18F2O2/c1-14(2,3)12-10(16)5-8(6-11(12)17)15(4)7-9(15)13(18)19/h5-6,9H,7H2,1-4H3,(H,18,19). The molecule has 1 aromatic carbocycles. The van der Waals surface area contributed by atoms with Crippen LogP contribution in [-0.2, 0) is 15.6 Å². The summed E-state index contributed by atoms with van der Waals surface area (Å²) in [5, 5.41) is 8.99. The van der Waals surface area contributed by atoms with Gasteiger partial charge in [-0.3, -0.25) is 4.79 Å². The molecule has 0 bridgehead atoms. The van der Waals surface area contributed by atoms with Gasteiger partial charge in [-0.2, -0.15) is 0 Å². The van der Waals surface area contributed by atoms with Crippen molar-refractivity contribution >= 4 is 5.97 Å². The number of hydrogen-bond donors (Lipinski definition) is 1. The Bertz CT molecular complexity index is 523. The number of benzene rings is 1. The summed E-state index contributed by atoms with van der Waals surface area (Å²) in [5.41, 5.74) is -0.789. The van der Waals surface area contributed by atoms with Crippen LogP contribution in [0.25, 0.3) is 0 Å². The average Bonchev–Trinajstić information content (AvgIpc) is 2.89. The first-order chi connectivity index (χ1) is 8.57. The number of aliphatic carboxylic acids is 1. The van der Waals surface area contributed by atoms with Crippen molar-refractivity contribution in [1.29, 1.82) is 0 Å². The smallest absolute Gasteiger partial charge is 0.307 e. The summed E-state index contributed by atoms with van der Waals surface area (Å²) in [5.74, 6) is -2.66. The van der Waals surface area contributed by atoms with Crippen LogP contribution in [0.2, 0.25) is 0 Å². The molecule has 0 spiro atoms. The van der Waals surface area contributed by atoms with Crippen molar-refractivity contribution in [2.75, 3.05) is 0 Å². The van der Waals surface area contributed by atoms with Gasteiger partial charge in [0.1, 0.15) is 11.6 Å². The lowest BCUT2D eigenvalue weighted by atomic mass is 9.84. The highest BCUT2D eigenvalue weighted by Crippen LogP contribution is 2.54. The Labute approximate surface area is 111 Å². The van der Waals surface area contributed by atoms with E-state index < -0.39 is 34.4 Å². The van der Waals surface area contributed by atoms with Crippen molar-refractivity contribution in [2.24, 2.45) is 5.92 Å². The maximum absolute atomic E-state index is 14.1. The van der Waals surface area contributed by atoms with Gasteiger partial charge in [-0.1, -0.05) is 27.7 Å². The van der Waals surface area contributed by atoms with E-state index in [1.165, 1.54) is 12.1 Å². The van der Waals surface area contributed by atoms with Crippen LogP contribution >= 0.6 is 0 Å². The second-order valence-corrected chi connectivity index (χ2v) is 6.58. The van der Waals surface area contributed by atoms with Crippen molar-refractivity contribution in [3.05, 3.63) is 34.9 Å². The molecule has 1 N–H and O–H groups in total. The number of carboxylic acids is 1. The minimum absolute atomic E-state index is 0.0485. The lowest BCUT2D eigenvalue weighted by Crippen LogP contribution is -2.18. The fraction of sp³-hybridized carbons (Fsp3) is 0.533. The molecule has 2 unspecified atom stereocenters. The van der Waals surface area contributed by atoms with Gasteiger partial charge in [0.2, 0.25) is 0 Å². The summed E-state index contributed by atoms with van der Waals surface area (Å²) >= 11 is 0. The lowest BCUT2D eigenvalue weighted by Gasteiger charge is -2.22. The van der Waals surface area contributed by atoms with E-state index >= 15 is 0 Å². The van der Waals surface area contributed by atoms with Gasteiger partial charge < -0.3 is 5.11 Å². The second kappa shape index (κ2) is 4.02. The second-order valence-electron chi connectivity index (χ2n) is 6.58. The summed E-state index contributed by atoms with van der Waals surface area (Å²) in [6, 6.07) is 2.57. The fourth-order valence-corrected chi connectivity index (χ4v) is 2.66. The van der Waals surface area contributed by atoms with Crippen LogP contribution in [0.4, 0.5) is 8.78 Å². The molecule has 104 valence electrons. The number of halogens is 2. The van der Waals surface area contributed by atoms with E-state index in [4.69, 9.17) is 5.11 Å². The molecule has 1 saturated carbocycles. The van der Waals surface area contributed by atoms with Gasteiger partial charge in [0.05, 0.1) is 5.92 Å². The largest absolute Gasteiger partial charge is 0.481 e. The number of carboxylic acid groups (broad SMARTS) is 1. The maximum atomic E-state index is 14.1. The molecule has 1 aromatic rings. The van der Waals surface area contributed by atoms with Crippen molar-refractivity contribution < 1.29 is 18.7 Å². The zero-order valence-electron chi connectivity index (χ0n) is 11.6. The van der Waals surface area contributed by atoms with E-state index in [0.29, 0.717) is 12.0 Å². The monoisotopic (exact) mass is 268 g/mol. The SMILES string of the molecule is CC(C)(C)c1c(F)cc(C2(C)CC2C(=O)O)cc1F. The first kappa shape index (κ1) is 14.0. The van der Waals surface area contributed by atoms with E-state index in [9.17, 15) is 13.6 Å². The van der Waals surface area contributed by atoms with E-state index in [2.05, 4.69) is 0 Å². The van der Waals surface area contributed by atoms with Gasteiger partial charge in [-0.05, 0) is 29.5 Å². The van der Waals surface area contributed by atoms with Gasteiger partial charge >= 0.3 is 5.97 Å². The third-order valence-corrected chi connectivity index (χ3v) is 3.99. The molecule has 0 heterocycles. The van der Waals surface area contributed by atoms with Gasteiger partial charge in [-0.25, -0.2) is 8.78 Å². The predicted octanol–water partition coefficient (Wildman–Crippen LogP) is 3.62. The Morgan fingerprint density at radius 2 is 1.79 bits per heavy atom. The van der Waals surface area contributed by atoms with Gasteiger partial charge in [0.15, 0.2) is 0 Å². The molecule has 2 atom stereocenters. The molecule has 0 amide bonds. The first-order valence-corrected chi connectivity index (χ1v) is 6.30. The minimum atomic E-state index is -0.914. The molecule has 0 aromatic heterocycles. The molecule has 1 aliphatic rings. The Morgan fingerprint density at radius 1 is 1.32 bits per heavy atom. The number of carbonyl (C=O) groups is 1. The molecule has 0 radical (unpaired) electrons. The summed E-state index contributed by atoms with van der Waals surface area (Å²) in [7, 11) is 0. The van der Waals surface area contributed by atoms with Crippen molar-refractivity contribution in [1.82, 2.24) is 0 Å². The van der Waals surface area contributed by atoms with Crippen molar-refractivity contribution in [2.45, 2.75) is 44.9 Å². The Morgan fingerprint density at radius 3 is 2.11 bits per heavy atom. The van der Waals surface area contributed by atoms with Crippen molar-refractivity contribution in [3.63, 3.8) is 0 Å². The summed E-state index contributed by atoms with van der Waals surface area (Å²) in [6.07, 6.45) is 0.427. The van der Waals surface area contributed by atoms with E-state index in [-0.39, 0.29) is 5.56 Å². The molecule has 4 heteroatoms. The Hall–Kier alpha value is -1.45. The predicted molar refractivity (Wildman–Crippen MR) is 68.2 cm³/mol. The highest BCUT2D eigenvalue weighted by atomic mass is 19.1. The van der Waals surface area contributed by atoms with Crippen LogP contribution in [0.15, 0.2) is 12.1 Å².